The van der Waals surface area contributed by atoms with Gasteiger partial charge in [0.1, 0.15) is 12.1 Å². The number of nitrogens with one attached hydrogen (secondary N) is 1. The van der Waals surface area contributed by atoms with Crippen LogP contribution in [0, 0.1) is 0 Å². The molecule has 1 heterocycles. The highest BCUT2D eigenvalue weighted by Crippen LogP contribution is 2.20. The molecule has 0 saturated heterocycles. The molecule has 0 radical (unpaired) electrons. The zero-order valence-corrected chi connectivity index (χ0v) is 9.72. The fourth-order valence-corrected chi connectivity index (χ4v) is 2.19. The maximum Gasteiger partial charge on any atom is 0.354 e. The molecule has 1 fully saturated rings. The summed E-state index contributed by atoms with van der Waals surface area (Å²) in [5.41, 5.74) is 0.0381. The van der Waals surface area contributed by atoms with Crippen molar-refractivity contribution in [2.45, 2.75) is 44.6 Å². The van der Waals surface area contributed by atoms with Gasteiger partial charge in [-0.2, -0.15) is 0 Å². The second-order valence-electron chi connectivity index (χ2n) is 4.43. The average molecular weight is 235 g/mol. The van der Waals surface area contributed by atoms with Gasteiger partial charge in [0.15, 0.2) is 5.69 Å². The number of aromatic carboxylic acids is 1. The van der Waals surface area contributed by atoms with Crippen LogP contribution in [0.5, 0.6) is 0 Å². The number of hydrogen-bond donors (Lipinski definition) is 2. The van der Waals surface area contributed by atoms with E-state index in [1.165, 1.54) is 38.1 Å². The Morgan fingerprint density at radius 3 is 2.59 bits per heavy atom. The summed E-state index contributed by atoms with van der Waals surface area (Å²) < 4.78 is 0. The highest BCUT2D eigenvalue weighted by molar-refractivity contribution is 5.85. The third-order valence-electron chi connectivity index (χ3n) is 3.09. The second-order valence-corrected chi connectivity index (χ2v) is 4.43. The Hall–Kier alpha value is -1.65. The number of aromatic nitrogens is 2. The summed E-state index contributed by atoms with van der Waals surface area (Å²) in [5, 5.41) is 12.1. The molecule has 5 heteroatoms. The van der Waals surface area contributed by atoms with E-state index in [0.717, 1.165) is 12.8 Å². The highest BCUT2D eigenvalue weighted by Gasteiger charge is 2.13. The molecule has 1 aliphatic carbocycles. The number of hydrogen-bond acceptors (Lipinski definition) is 4. The molecule has 0 spiro atoms. The van der Waals surface area contributed by atoms with Crippen molar-refractivity contribution in [2.24, 2.45) is 0 Å². The molecule has 0 atom stereocenters. The molecule has 1 aromatic rings. The van der Waals surface area contributed by atoms with E-state index in [2.05, 4.69) is 15.3 Å². The van der Waals surface area contributed by atoms with Crippen LogP contribution < -0.4 is 5.32 Å². The van der Waals surface area contributed by atoms with Crippen LogP contribution in [0.4, 0.5) is 5.82 Å². The van der Waals surface area contributed by atoms with Crippen molar-refractivity contribution in [1.82, 2.24) is 9.97 Å². The number of carboxylic acids is 1. The van der Waals surface area contributed by atoms with Gasteiger partial charge in [-0.05, 0) is 12.8 Å². The zero-order chi connectivity index (χ0) is 12.1. The van der Waals surface area contributed by atoms with Crippen LogP contribution in [0.1, 0.15) is 49.0 Å². The van der Waals surface area contributed by atoms with Gasteiger partial charge in [0.25, 0.3) is 0 Å². The summed E-state index contributed by atoms with van der Waals surface area (Å²) in [6.07, 6.45) is 8.61. The van der Waals surface area contributed by atoms with Crippen LogP contribution in [-0.4, -0.2) is 27.1 Å². The molecule has 92 valence electrons. The molecular weight excluding hydrogens is 218 g/mol. The maximum absolute atomic E-state index is 10.8. The quantitative estimate of drug-likeness (QED) is 0.786. The minimum Gasteiger partial charge on any atom is -0.477 e. The van der Waals surface area contributed by atoms with Crippen LogP contribution in [0.15, 0.2) is 12.4 Å². The smallest absolute Gasteiger partial charge is 0.354 e. The van der Waals surface area contributed by atoms with E-state index in [1.807, 2.05) is 0 Å². The Labute approximate surface area is 100 Å². The van der Waals surface area contributed by atoms with Gasteiger partial charge in [-0.15, -0.1) is 0 Å². The van der Waals surface area contributed by atoms with E-state index >= 15 is 0 Å². The van der Waals surface area contributed by atoms with Crippen LogP contribution in [0.3, 0.4) is 0 Å². The summed E-state index contributed by atoms with van der Waals surface area (Å²) in [7, 11) is 0. The van der Waals surface area contributed by atoms with Crippen LogP contribution in [-0.2, 0) is 0 Å². The molecule has 0 aromatic carbocycles. The van der Waals surface area contributed by atoms with Crippen molar-refractivity contribution in [2.75, 3.05) is 5.32 Å². The molecule has 2 rings (SSSR count). The molecule has 1 aromatic heterocycles. The predicted molar refractivity (Wildman–Crippen MR) is 64.1 cm³/mol. The number of carbonyl (C=O) groups is 1. The molecule has 0 aliphatic heterocycles. The average Bonchev–Trinajstić information content (AvgIpc) is 2.58. The highest BCUT2D eigenvalue weighted by atomic mass is 16.4. The monoisotopic (exact) mass is 235 g/mol. The van der Waals surface area contributed by atoms with E-state index < -0.39 is 5.97 Å². The SMILES string of the molecule is O=C(O)c1cc(NC2CCCCCC2)ncn1. The molecule has 17 heavy (non-hydrogen) atoms. The van der Waals surface area contributed by atoms with Gasteiger partial charge in [0, 0.05) is 12.1 Å². The Morgan fingerprint density at radius 2 is 1.94 bits per heavy atom. The first kappa shape index (κ1) is 11.8. The molecule has 0 bridgehead atoms. The third kappa shape index (κ3) is 3.41. The first-order valence-electron chi connectivity index (χ1n) is 6.07. The molecule has 5 nitrogen and oxygen atoms in total. The maximum atomic E-state index is 10.8. The van der Waals surface area contributed by atoms with Gasteiger partial charge < -0.3 is 10.4 Å². The fourth-order valence-electron chi connectivity index (χ4n) is 2.19. The lowest BCUT2D eigenvalue weighted by molar-refractivity contribution is 0.0690. The van der Waals surface area contributed by atoms with E-state index in [0.29, 0.717) is 11.9 Å². The molecule has 1 aliphatic rings. The van der Waals surface area contributed by atoms with E-state index in [4.69, 9.17) is 5.11 Å². The molecule has 1 saturated carbocycles. The summed E-state index contributed by atoms with van der Waals surface area (Å²) in [6, 6.07) is 1.90. The number of anilines is 1. The van der Waals surface area contributed by atoms with Crippen molar-refractivity contribution < 1.29 is 9.90 Å². The largest absolute Gasteiger partial charge is 0.477 e. The summed E-state index contributed by atoms with van der Waals surface area (Å²) in [5.74, 6) is -0.402. The van der Waals surface area contributed by atoms with Gasteiger partial charge >= 0.3 is 5.97 Å². The van der Waals surface area contributed by atoms with Crippen molar-refractivity contribution in [1.29, 1.82) is 0 Å². The minimum absolute atomic E-state index is 0.0381. The van der Waals surface area contributed by atoms with Gasteiger partial charge in [0.2, 0.25) is 0 Å². The molecule has 0 amide bonds. The lowest BCUT2D eigenvalue weighted by Gasteiger charge is -2.16. The first-order chi connectivity index (χ1) is 8.25. The van der Waals surface area contributed by atoms with Crippen molar-refractivity contribution >= 4 is 11.8 Å². The van der Waals surface area contributed by atoms with Gasteiger partial charge in [-0.1, -0.05) is 25.7 Å². The van der Waals surface area contributed by atoms with E-state index in [9.17, 15) is 4.79 Å². The zero-order valence-electron chi connectivity index (χ0n) is 9.72. The van der Waals surface area contributed by atoms with Gasteiger partial charge in [0.05, 0.1) is 0 Å². The summed E-state index contributed by atoms with van der Waals surface area (Å²) in [4.78, 5) is 18.5. The molecule has 2 N–H and O–H groups in total. The standard InChI is InChI=1S/C12H17N3O2/c16-12(17)10-7-11(14-8-13-10)15-9-5-3-1-2-4-6-9/h7-9H,1-6H2,(H,16,17)(H,13,14,15). The van der Waals surface area contributed by atoms with Crippen molar-refractivity contribution in [3.05, 3.63) is 18.1 Å². The number of carboxylic acid groups (broad SMARTS) is 1. The second kappa shape index (κ2) is 5.61. The lowest BCUT2D eigenvalue weighted by Crippen LogP contribution is -2.19. The van der Waals surface area contributed by atoms with E-state index in [-0.39, 0.29) is 5.69 Å². The molecule has 0 unspecified atom stereocenters. The third-order valence-corrected chi connectivity index (χ3v) is 3.09. The van der Waals surface area contributed by atoms with Gasteiger partial charge in [-0.3, -0.25) is 0 Å². The Bertz CT molecular complexity index is 387. The fraction of sp³-hybridized carbons (Fsp3) is 0.583. The molecular formula is C12H17N3O2. The summed E-state index contributed by atoms with van der Waals surface area (Å²) in [6.45, 7) is 0. The Balaban J connectivity index is 2.01. The van der Waals surface area contributed by atoms with E-state index in [1.54, 1.807) is 0 Å². The van der Waals surface area contributed by atoms with Crippen LogP contribution in [0.25, 0.3) is 0 Å². The number of rotatable bonds is 3. The Morgan fingerprint density at radius 1 is 1.24 bits per heavy atom. The number of nitrogens with zero attached hydrogens (tertiary/aromatic N) is 2. The summed E-state index contributed by atoms with van der Waals surface area (Å²) >= 11 is 0. The first-order valence-corrected chi connectivity index (χ1v) is 6.07. The minimum atomic E-state index is -1.02. The lowest BCUT2D eigenvalue weighted by atomic mass is 10.1. The van der Waals surface area contributed by atoms with Gasteiger partial charge in [-0.25, -0.2) is 14.8 Å². The van der Waals surface area contributed by atoms with Crippen molar-refractivity contribution in [3.63, 3.8) is 0 Å². The van der Waals surface area contributed by atoms with Crippen LogP contribution >= 0.6 is 0 Å². The van der Waals surface area contributed by atoms with Crippen LogP contribution in [0.2, 0.25) is 0 Å². The predicted octanol–water partition coefficient (Wildman–Crippen LogP) is 2.31. The normalized spacial score (nSPS) is 17.4. The topological polar surface area (TPSA) is 75.1 Å². The Kier molecular flexibility index (Phi) is 3.90. The van der Waals surface area contributed by atoms with Crippen molar-refractivity contribution in [3.8, 4) is 0 Å².